The van der Waals surface area contributed by atoms with Crippen molar-refractivity contribution in [1.82, 2.24) is 4.72 Å². The van der Waals surface area contributed by atoms with Crippen LogP contribution in [0, 0.1) is 0 Å². The summed E-state index contributed by atoms with van der Waals surface area (Å²) < 4.78 is 25.0. The predicted molar refractivity (Wildman–Crippen MR) is 65.6 cm³/mol. The summed E-state index contributed by atoms with van der Waals surface area (Å²) in [5.41, 5.74) is 6.41. The van der Waals surface area contributed by atoms with E-state index in [1.807, 2.05) is 30.3 Å². The predicted octanol–water partition coefficient (Wildman–Crippen LogP) is 0.497. The zero-order chi connectivity index (χ0) is 11.9. The standard InChI is InChI=1S/C11H18N2O2S/c12-8-10-16(14,15)13-9-4-7-11-5-2-1-3-6-11/h1-3,5-6,13H,4,7-10,12H2. The molecule has 0 bridgehead atoms. The Balaban J connectivity index is 2.22. The molecule has 0 amide bonds. The molecule has 0 unspecified atom stereocenters. The van der Waals surface area contributed by atoms with Gasteiger partial charge in [0, 0.05) is 13.1 Å². The minimum absolute atomic E-state index is 0.00165. The minimum atomic E-state index is -3.16. The van der Waals surface area contributed by atoms with Crippen LogP contribution in [-0.2, 0) is 16.4 Å². The van der Waals surface area contributed by atoms with Gasteiger partial charge in [0.25, 0.3) is 0 Å². The molecule has 0 spiro atoms. The fourth-order valence-electron chi connectivity index (χ4n) is 1.39. The number of rotatable bonds is 7. The molecule has 5 heteroatoms. The lowest BCUT2D eigenvalue weighted by molar-refractivity contribution is 0.579. The summed E-state index contributed by atoms with van der Waals surface area (Å²) in [5, 5.41) is 0. The molecule has 0 aromatic heterocycles. The van der Waals surface area contributed by atoms with Gasteiger partial charge in [-0.15, -0.1) is 0 Å². The quantitative estimate of drug-likeness (QED) is 0.684. The molecule has 16 heavy (non-hydrogen) atoms. The third-order valence-corrected chi connectivity index (χ3v) is 3.61. The van der Waals surface area contributed by atoms with E-state index in [0.29, 0.717) is 6.54 Å². The molecule has 0 heterocycles. The van der Waals surface area contributed by atoms with Crippen LogP contribution < -0.4 is 10.5 Å². The van der Waals surface area contributed by atoms with Gasteiger partial charge in [0.15, 0.2) is 0 Å². The molecule has 0 aliphatic carbocycles. The van der Waals surface area contributed by atoms with Gasteiger partial charge in [-0.1, -0.05) is 30.3 Å². The third-order valence-electron chi connectivity index (χ3n) is 2.19. The first-order valence-corrected chi connectivity index (χ1v) is 7.00. The lowest BCUT2D eigenvalue weighted by Gasteiger charge is -2.05. The van der Waals surface area contributed by atoms with E-state index in [2.05, 4.69) is 4.72 Å². The number of hydrogen-bond donors (Lipinski definition) is 2. The van der Waals surface area contributed by atoms with Crippen LogP contribution in [-0.4, -0.2) is 27.3 Å². The van der Waals surface area contributed by atoms with E-state index in [1.54, 1.807) is 0 Å². The van der Waals surface area contributed by atoms with Crippen molar-refractivity contribution >= 4 is 10.0 Å². The van der Waals surface area contributed by atoms with E-state index in [9.17, 15) is 8.42 Å². The Morgan fingerprint density at radius 1 is 1.19 bits per heavy atom. The van der Waals surface area contributed by atoms with E-state index in [-0.39, 0.29) is 12.3 Å². The third kappa shape index (κ3) is 5.25. The van der Waals surface area contributed by atoms with Crippen LogP contribution in [0.3, 0.4) is 0 Å². The summed E-state index contributed by atoms with van der Waals surface area (Å²) in [4.78, 5) is 0. The van der Waals surface area contributed by atoms with Crippen LogP contribution in [0.15, 0.2) is 30.3 Å². The van der Waals surface area contributed by atoms with Gasteiger partial charge in [-0.25, -0.2) is 13.1 Å². The Kier molecular flexibility index (Phi) is 5.45. The molecule has 0 atom stereocenters. The highest BCUT2D eigenvalue weighted by Crippen LogP contribution is 2.01. The first-order valence-electron chi connectivity index (χ1n) is 5.35. The maximum absolute atomic E-state index is 11.3. The lowest BCUT2D eigenvalue weighted by atomic mass is 10.1. The molecule has 0 radical (unpaired) electrons. The van der Waals surface area contributed by atoms with Crippen molar-refractivity contribution in [3.63, 3.8) is 0 Å². The van der Waals surface area contributed by atoms with Gasteiger partial charge in [-0.3, -0.25) is 0 Å². The molecular weight excluding hydrogens is 224 g/mol. The SMILES string of the molecule is NCCS(=O)(=O)NCCCc1ccccc1. The number of hydrogen-bond acceptors (Lipinski definition) is 3. The molecule has 1 rings (SSSR count). The fourth-order valence-corrected chi connectivity index (χ4v) is 2.30. The summed E-state index contributed by atoms with van der Waals surface area (Å²) in [6, 6.07) is 10.00. The van der Waals surface area contributed by atoms with Crippen LogP contribution in [0.4, 0.5) is 0 Å². The molecule has 0 aliphatic rings. The number of aryl methyl sites for hydroxylation is 1. The van der Waals surface area contributed by atoms with Gasteiger partial charge >= 0.3 is 0 Å². The Morgan fingerprint density at radius 3 is 2.50 bits per heavy atom. The molecule has 3 N–H and O–H groups in total. The summed E-state index contributed by atoms with van der Waals surface area (Å²) in [6.07, 6.45) is 1.68. The zero-order valence-electron chi connectivity index (χ0n) is 9.22. The average molecular weight is 242 g/mol. The topological polar surface area (TPSA) is 72.2 Å². The van der Waals surface area contributed by atoms with Crippen molar-refractivity contribution in [2.45, 2.75) is 12.8 Å². The second-order valence-corrected chi connectivity index (χ2v) is 5.52. The van der Waals surface area contributed by atoms with Gasteiger partial charge in [-0.05, 0) is 18.4 Å². The number of sulfonamides is 1. The van der Waals surface area contributed by atoms with Gasteiger partial charge in [-0.2, -0.15) is 0 Å². The van der Waals surface area contributed by atoms with Crippen LogP contribution in [0.5, 0.6) is 0 Å². The van der Waals surface area contributed by atoms with Crippen LogP contribution in [0.25, 0.3) is 0 Å². The highest BCUT2D eigenvalue weighted by atomic mass is 32.2. The molecule has 0 fully saturated rings. The molecule has 90 valence electrons. The van der Waals surface area contributed by atoms with E-state index < -0.39 is 10.0 Å². The van der Waals surface area contributed by atoms with Crippen LogP contribution in [0.2, 0.25) is 0 Å². The number of benzene rings is 1. The maximum atomic E-state index is 11.3. The smallest absolute Gasteiger partial charge is 0.212 e. The number of nitrogens with one attached hydrogen (secondary N) is 1. The van der Waals surface area contributed by atoms with Crippen molar-refractivity contribution < 1.29 is 8.42 Å². The van der Waals surface area contributed by atoms with Crippen molar-refractivity contribution in [1.29, 1.82) is 0 Å². The second kappa shape index (κ2) is 6.62. The van der Waals surface area contributed by atoms with Gasteiger partial charge in [0.1, 0.15) is 0 Å². The van der Waals surface area contributed by atoms with E-state index in [1.165, 1.54) is 5.56 Å². The Hall–Kier alpha value is -0.910. The van der Waals surface area contributed by atoms with E-state index in [4.69, 9.17) is 5.73 Å². The molecule has 0 saturated carbocycles. The monoisotopic (exact) mass is 242 g/mol. The Morgan fingerprint density at radius 2 is 1.88 bits per heavy atom. The first-order chi connectivity index (χ1) is 7.64. The second-order valence-electron chi connectivity index (χ2n) is 3.59. The van der Waals surface area contributed by atoms with Crippen LogP contribution in [0.1, 0.15) is 12.0 Å². The average Bonchev–Trinajstić information content (AvgIpc) is 2.26. The van der Waals surface area contributed by atoms with Crippen molar-refractivity contribution in [2.24, 2.45) is 5.73 Å². The first kappa shape index (κ1) is 13.2. The highest BCUT2D eigenvalue weighted by molar-refractivity contribution is 7.89. The summed E-state index contributed by atoms with van der Waals surface area (Å²) in [6.45, 7) is 0.630. The van der Waals surface area contributed by atoms with Gasteiger partial charge in [0.05, 0.1) is 5.75 Å². The molecule has 0 aliphatic heterocycles. The molecule has 0 saturated heterocycles. The van der Waals surface area contributed by atoms with Crippen LogP contribution >= 0.6 is 0 Å². The Bertz CT molecular complexity index is 390. The van der Waals surface area contributed by atoms with E-state index in [0.717, 1.165) is 12.8 Å². The highest BCUT2D eigenvalue weighted by Gasteiger charge is 2.06. The largest absolute Gasteiger partial charge is 0.329 e. The maximum Gasteiger partial charge on any atom is 0.212 e. The Labute approximate surface area is 96.9 Å². The van der Waals surface area contributed by atoms with Gasteiger partial charge in [0.2, 0.25) is 10.0 Å². The fraction of sp³-hybridized carbons (Fsp3) is 0.455. The summed E-state index contributed by atoms with van der Waals surface area (Å²) in [5.74, 6) is -0.00165. The van der Waals surface area contributed by atoms with Crippen molar-refractivity contribution in [3.05, 3.63) is 35.9 Å². The summed E-state index contributed by atoms with van der Waals surface area (Å²) in [7, 11) is -3.16. The molecule has 1 aromatic rings. The normalized spacial score (nSPS) is 11.6. The molecule has 4 nitrogen and oxygen atoms in total. The van der Waals surface area contributed by atoms with Crippen molar-refractivity contribution in [3.8, 4) is 0 Å². The molecule has 1 aromatic carbocycles. The van der Waals surface area contributed by atoms with Gasteiger partial charge < -0.3 is 5.73 Å². The zero-order valence-corrected chi connectivity index (χ0v) is 10.0. The number of nitrogens with two attached hydrogens (primary N) is 1. The lowest BCUT2D eigenvalue weighted by Crippen LogP contribution is -2.30. The minimum Gasteiger partial charge on any atom is -0.329 e. The molecular formula is C11H18N2O2S. The van der Waals surface area contributed by atoms with Crippen molar-refractivity contribution in [2.75, 3.05) is 18.8 Å². The summed E-state index contributed by atoms with van der Waals surface area (Å²) >= 11 is 0. The van der Waals surface area contributed by atoms with E-state index >= 15 is 0 Å².